The first-order valence-corrected chi connectivity index (χ1v) is 11.5. The largest absolute Gasteiger partial charge is 0.385 e. The fraction of sp³-hybridized carbons (Fsp3) is 0.364. The predicted octanol–water partition coefficient (Wildman–Crippen LogP) is 2.03. The average Bonchev–Trinajstić information content (AvgIpc) is 2.79. The molecule has 3 rings (SSSR count). The van der Waals surface area contributed by atoms with E-state index in [-0.39, 0.29) is 17.4 Å². The molecule has 1 aliphatic heterocycles. The van der Waals surface area contributed by atoms with Gasteiger partial charge in [0.2, 0.25) is 10.0 Å². The summed E-state index contributed by atoms with van der Waals surface area (Å²) in [5.41, 5.74) is 2.45. The fourth-order valence-electron chi connectivity index (χ4n) is 3.26. The molecule has 166 valence electrons. The second kappa shape index (κ2) is 9.93. The third-order valence-corrected chi connectivity index (χ3v) is 7.02. The van der Waals surface area contributed by atoms with Crippen LogP contribution in [0.1, 0.15) is 12.5 Å². The van der Waals surface area contributed by atoms with Crippen LogP contribution in [0, 0.1) is 0 Å². The van der Waals surface area contributed by atoms with E-state index >= 15 is 0 Å². The Kier molecular flexibility index (Phi) is 7.29. The summed E-state index contributed by atoms with van der Waals surface area (Å²) in [6, 6.07) is 16.5. The van der Waals surface area contributed by atoms with Crippen molar-refractivity contribution in [3.63, 3.8) is 0 Å². The van der Waals surface area contributed by atoms with Crippen LogP contribution in [-0.4, -0.2) is 76.1 Å². The molecule has 0 spiro atoms. The molecule has 1 amide bonds. The lowest BCUT2D eigenvalue weighted by molar-refractivity contribution is -0.136. The number of rotatable bonds is 7. The van der Waals surface area contributed by atoms with Gasteiger partial charge in [0, 0.05) is 46.0 Å². The zero-order chi connectivity index (χ0) is 22.4. The minimum absolute atomic E-state index is 0.100. The molecule has 31 heavy (non-hydrogen) atoms. The third-order valence-electron chi connectivity index (χ3n) is 5.19. The lowest BCUT2D eigenvalue weighted by atomic mass is 10.1. The molecule has 2 aromatic carbocycles. The topological polar surface area (TPSA) is 82.5 Å². The number of oxime groups is 1. The lowest BCUT2D eigenvalue weighted by Gasteiger charge is -2.35. The fourth-order valence-corrected chi connectivity index (χ4v) is 4.16. The van der Waals surface area contributed by atoms with E-state index in [0.717, 1.165) is 28.6 Å². The molecule has 0 bridgehead atoms. The van der Waals surface area contributed by atoms with Crippen molar-refractivity contribution in [1.82, 2.24) is 9.21 Å². The van der Waals surface area contributed by atoms with Gasteiger partial charge in [0.15, 0.2) is 6.61 Å². The summed E-state index contributed by atoms with van der Waals surface area (Å²) in [4.78, 5) is 21.9. The number of benzene rings is 2. The Bertz CT molecular complexity index is 1010. The second-order valence-corrected chi connectivity index (χ2v) is 9.62. The van der Waals surface area contributed by atoms with Crippen molar-refractivity contribution in [2.75, 3.05) is 51.8 Å². The number of nitrogens with zero attached hydrogens (tertiary/aromatic N) is 4. The molecule has 8 nitrogen and oxygen atoms in total. The van der Waals surface area contributed by atoms with Crippen molar-refractivity contribution in [1.29, 1.82) is 0 Å². The first kappa shape index (κ1) is 22.8. The van der Waals surface area contributed by atoms with Gasteiger partial charge in [-0.3, -0.25) is 4.79 Å². The van der Waals surface area contributed by atoms with Gasteiger partial charge in [-0.2, -0.15) is 0 Å². The second-order valence-electron chi connectivity index (χ2n) is 7.47. The maximum Gasteiger partial charge on any atom is 0.263 e. The first-order valence-electron chi connectivity index (χ1n) is 10.1. The maximum absolute atomic E-state index is 12.4. The Labute approximate surface area is 183 Å². The molecular weight excluding hydrogens is 416 g/mol. The minimum atomic E-state index is -3.47. The van der Waals surface area contributed by atoms with Gasteiger partial charge in [-0.25, -0.2) is 12.7 Å². The highest BCUT2D eigenvalue weighted by atomic mass is 32.2. The molecule has 1 aliphatic rings. The van der Waals surface area contributed by atoms with Crippen LogP contribution in [0.4, 0.5) is 5.69 Å². The van der Waals surface area contributed by atoms with E-state index in [9.17, 15) is 13.2 Å². The Hall–Kier alpha value is -2.91. The number of sulfonamides is 1. The van der Waals surface area contributed by atoms with E-state index in [1.807, 2.05) is 18.2 Å². The van der Waals surface area contributed by atoms with Gasteiger partial charge in [0.1, 0.15) is 0 Å². The Morgan fingerprint density at radius 3 is 2.19 bits per heavy atom. The summed E-state index contributed by atoms with van der Waals surface area (Å²) in [7, 11) is -0.496. The highest BCUT2D eigenvalue weighted by Crippen LogP contribution is 2.16. The molecule has 0 aliphatic carbocycles. The normalized spacial score (nSPS) is 15.3. The molecule has 0 unspecified atom stereocenters. The van der Waals surface area contributed by atoms with Crippen molar-refractivity contribution in [2.45, 2.75) is 11.8 Å². The summed E-state index contributed by atoms with van der Waals surface area (Å²) in [6.45, 7) is 4.46. The van der Waals surface area contributed by atoms with Crippen LogP contribution in [-0.2, 0) is 19.7 Å². The zero-order valence-corrected chi connectivity index (χ0v) is 18.9. The SMILES string of the molecule is C/C(=N/OCC(=O)N1CCN(c2ccccc2)CC1)c1ccc(S(=O)(=O)N(C)C)cc1. The number of carbonyl (C=O) groups is 1. The Morgan fingerprint density at radius 2 is 1.61 bits per heavy atom. The highest BCUT2D eigenvalue weighted by Gasteiger charge is 2.21. The first-order chi connectivity index (χ1) is 14.8. The molecule has 0 radical (unpaired) electrons. The summed E-state index contributed by atoms with van der Waals surface area (Å²) in [5, 5.41) is 4.02. The van der Waals surface area contributed by atoms with Crippen molar-refractivity contribution in [2.24, 2.45) is 5.16 Å². The lowest BCUT2D eigenvalue weighted by Crippen LogP contribution is -2.49. The van der Waals surface area contributed by atoms with E-state index in [0.29, 0.717) is 18.8 Å². The van der Waals surface area contributed by atoms with Gasteiger partial charge < -0.3 is 14.6 Å². The Balaban J connectivity index is 1.49. The minimum Gasteiger partial charge on any atom is -0.385 e. The van der Waals surface area contributed by atoms with Crippen LogP contribution in [0.2, 0.25) is 0 Å². The molecule has 2 aromatic rings. The molecule has 0 atom stereocenters. The van der Waals surface area contributed by atoms with Crippen molar-refractivity contribution >= 4 is 27.3 Å². The molecule has 0 aromatic heterocycles. The highest BCUT2D eigenvalue weighted by molar-refractivity contribution is 7.89. The van der Waals surface area contributed by atoms with Crippen LogP contribution < -0.4 is 4.90 Å². The van der Waals surface area contributed by atoms with E-state index in [4.69, 9.17) is 4.84 Å². The molecule has 9 heteroatoms. The number of amides is 1. The standard InChI is InChI=1S/C22H28N4O4S/c1-18(19-9-11-21(12-10-19)31(28,29)24(2)3)23-30-17-22(27)26-15-13-25(14-16-26)20-7-5-4-6-8-20/h4-12H,13-17H2,1-3H3/b23-18-. The quantitative estimate of drug-likeness (QED) is 0.482. The number of hydrogen-bond acceptors (Lipinski definition) is 6. The molecule has 0 saturated carbocycles. The van der Waals surface area contributed by atoms with Crippen LogP contribution >= 0.6 is 0 Å². The number of carbonyl (C=O) groups excluding carboxylic acids is 1. The monoisotopic (exact) mass is 444 g/mol. The smallest absolute Gasteiger partial charge is 0.263 e. The van der Waals surface area contributed by atoms with E-state index < -0.39 is 10.0 Å². The zero-order valence-electron chi connectivity index (χ0n) is 18.1. The van der Waals surface area contributed by atoms with Gasteiger partial charge in [0.25, 0.3) is 5.91 Å². The number of hydrogen-bond donors (Lipinski definition) is 0. The Morgan fingerprint density at radius 1 is 1.00 bits per heavy atom. The van der Waals surface area contributed by atoms with Gasteiger partial charge in [-0.1, -0.05) is 35.5 Å². The summed E-state index contributed by atoms with van der Waals surface area (Å²) in [6.07, 6.45) is 0. The maximum atomic E-state index is 12.4. The molecule has 0 N–H and O–H groups in total. The van der Waals surface area contributed by atoms with Crippen molar-refractivity contribution in [3.05, 3.63) is 60.2 Å². The summed E-state index contributed by atoms with van der Waals surface area (Å²) in [5.74, 6) is -0.100. The number of piperazine rings is 1. The van der Waals surface area contributed by atoms with Gasteiger partial charge in [-0.05, 0) is 36.8 Å². The third kappa shape index (κ3) is 5.62. The van der Waals surface area contributed by atoms with E-state index in [1.54, 1.807) is 24.0 Å². The molecule has 1 fully saturated rings. The van der Waals surface area contributed by atoms with E-state index in [2.05, 4.69) is 22.2 Å². The molecular formula is C22H28N4O4S. The van der Waals surface area contributed by atoms with Crippen LogP contribution in [0.3, 0.4) is 0 Å². The van der Waals surface area contributed by atoms with Gasteiger partial charge in [-0.15, -0.1) is 0 Å². The van der Waals surface area contributed by atoms with Gasteiger partial charge >= 0.3 is 0 Å². The summed E-state index contributed by atoms with van der Waals surface area (Å²) >= 11 is 0. The van der Waals surface area contributed by atoms with Crippen LogP contribution in [0.5, 0.6) is 0 Å². The van der Waals surface area contributed by atoms with Crippen LogP contribution in [0.25, 0.3) is 0 Å². The van der Waals surface area contributed by atoms with Crippen LogP contribution in [0.15, 0.2) is 64.6 Å². The van der Waals surface area contributed by atoms with Crippen molar-refractivity contribution in [3.8, 4) is 0 Å². The van der Waals surface area contributed by atoms with Crippen molar-refractivity contribution < 1.29 is 18.0 Å². The van der Waals surface area contributed by atoms with E-state index in [1.165, 1.54) is 26.2 Å². The summed E-state index contributed by atoms with van der Waals surface area (Å²) < 4.78 is 25.4. The molecule has 1 heterocycles. The average molecular weight is 445 g/mol. The predicted molar refractivity (Wildman–Crippen MR) is 121 cm³/mol. The van der Waals surface area contributed by atoms with Gasteiger partial charge in [0.05, 0.1) is 10.6 Å². The molecule has 1 saturated heterocycles. The number of anilines is 1. The number of para-hydroxylation sites is 1.